The van der Waals surface area contributed by atoms with Crippen molar-refractivity contribution in [3.63, 3.8) is 0 Å². The summed E-state index contributed by atoms with van der Waals surface area (Å²) in [5.74, 6) is 0.0582. The molecule has 0 radical (unpaired) electrons. The number of rotatable bonds is 57. The molecule has 0 saturated carbocycles. The number of phosphoric ester groups is 2. The Hall–Kier alpha value is -1.94. The molecule has 0 spiro atoms. The number of ether oxygens (including phenoxy) is 4. The van der Waals surface area contributed by atoms with E-state index in [2.05, 4.69) is 48.5 Å². The lowest BCUT2D eigenvalue weighted by atomic mass is 9.99. The van der Waals surface area contributed by atoms with Crippen molar-refractivity contribution in [1.29, 1.82) is 0 Å². The van der Waals surface area contributed by atoms with E-state index >= 15 is 0 Å². The zero-order valence-corrected chi connectivity index (χ0v) is 51.9. The topological polar surface area (TPSA) is 237 Å². The summed E-state index contributed by atoms with van der Waals surface area (Å²) in [5, 5.41) is 10.5. The van der Waals surface area contributed by atoms with Crippen molar-refractivity contribution in [2.45, 2.75) is 298 Å². The van der Waals surface area contributed by atoms with Gasteiger partial charge in [0.2, 0.25) is 0 Å². The minimum Gasteiger partial charge on any atom is -0.462 e. The molecule has 0 saturated heterocycles. The van der Waals surface area contributed by atoms with Gasteiger partial charge in [0.15, 0.2) is 12.2 Å². The molecule has 0 bridgehead atoms. The SMILES string of the molecule is CCCCCCCC(=O)OC[C@H](COP(=O)(O)OC[C@H](O)COP(=O)(O)OC[C@@H](COC(=O)CCCCCCCCCCC(C)CC)OC(=O)CCCCCCCCCCC(C)CC)OC(=O)CCCCCCCCC(C)C. The van der Waals surface area contributed by atoms with Crippen molar-refractivity contribution in [3.8, 4) is 0 Å². The first-order valence-corrected chi connectivity index (χ1v) is 33.9. The number of carbonyl (C=O) groups is 4. The predicted octanol–water partition coefficient (Wildman–Crippen LogP) is 15.6. The quantitative estimate of drug-likeness (QED) is 0.0222. The Labute approximate surface area is 473 Å². The number of phosphoric acid groups is 2. The highest BCUT2D eigenvalue weighted by atomic mass is 31.2. The van der Waals surface area contributed by atoms with E-state index in [-0.39, 0.29) is 25.7 Å². The Morgan fingerprint density at radius 3 is 0.974 bits per heavy atom. The van der Waals surface area contributed by atoms with E-state index in [1.54, 1.807) is 0 Å². The fourth-order valence-electron chi connectivity index (χ4n) is 8.53. The zero-order valence-electron chi connectivity index (χ0n) is 50.1. The number of unbranched alkanes of at least 4 members (excludes halogenated alkanes) is 23. The van der Waals surface area contributed by atoms with Crippen molar-refractivity contribution >= 4 is 39.5 Å². The first-order chi connectivity index (χ1) is 37.3. The third-order valence-corrected chi connectivity index (χ3v) is 16.0. The summed E-state index contributed by atoms with van der Waals surface area (Å²) in [6.45, 7) is 11.6. The van der Waals surface area contributed by atoms with Gasteiger partial charge in [0.05, 0.1) is 26.4 Å². The van der Waals surface area contributed by atoms with Crippen LogP contribution in [0.25, 0.3) is 0 Å². The molecule has 78 heavy (non-hydrogen) atoms. The minimum atomic E-state index is -4.94. The van der Waals surface area contributed by atoms with Crippen LogP contribution >= 0.6 is 15.6 Å². The van der Waals surface area contributed by atoms with Crippen molar-refractivity contribution in [2.75, 3.05) is 39.6 Å². The number of esters is 4. The van der Waals surface area contributed by atoms with Crippen molar-refractivity contribution in [2.24, 2.45) is 17.8 Å². The molecule has 0 aromatic rings. The highest BCUT2D eigenvalue weighted by molar-refractivity contribution is 7.47. The lowest BCUT2D eigenvalue weighted by Crippen LogP contribution is -2.30. The molecule has 0 aliphatic carbocycles. The van der Waals surface area contributed by atoms with Crippen LogP contribution in [0.3, 0.4) is 0 Å². The number of aliphatic hydroxyl groups excluding tert-OH is 1. The lowest BCUT2D eigenvalue weighted by molar-refractivity contribution is -0.161. The summed E-state index contributed by atoms with van der Waals surface area (Å²) in [6, 6.07) is 0. The molecular weight excluding hydrogens is 1040 g/mol. The van der Waals surface area contributed by atoms with Crippen LogP contribution in [0.15, 0.2) is 0 Å². The van der Waals surface area contributed by atoms with Gasteiger partial charge in [-0.25, -0.2) is 9.13 Å². The number of aliphatic hydroxyl groups is 1. The second-order valence-corrected chi connectivity index (χ2v) is 25.2. The standard InChI is InChI=1S/C59H114O17P2/c1-8-11-12-23-33-40-56(61)69-46-54(76-59(64)43-36-29-22-21-24-30-37-50(4)5)48-73-77(65,66)71-44-53(60)45-72-78(67,68)74-49-55(75-58(63)42-35-28-20-16-14-18-26-32-39-52(7)10-3)47-70-57(62)41-34-27-19-15-13-17-25-31-38-51(6)9-2/h50-55,60H,8-49H2,1-7H3,(H,65,66)(H,67,68)/t51?,52?,53-,54+,55+/m0/s1. The van der Waals surface area contributed by atoms with Crippen LogP contribution in [0.4, 0.5) is 0 Å². The summed E-state index contributed by atoms with van der Waals surface area (Å²) in [6.07, 6.45) is 29.8. The van der Waals surface area contributed by atoms with Crippen LogP contribution in [-0.4, -0.2) is 96.7 Å². The van der Waals surface area contributed by atoms with Gasteiger partial charge in [-0.15, -0.1) is 0 Å². The maximum Gasteiger partial charge on any atom is 0.472 e. The van der Waals surface area contributed by atoms with E-state index in [0.29, 0.717) is 31.6 Å². The van der Waals surface area contributed by atoms with E-state index in [9.17, 15) is 43.2 Å². The Morgan fingerprint density at radius 2 is 0.654 bits per heavy atom. The average Bonchev–Trinajstić information content (AvgIpc) is 3.40. The molecule has 0 aliphatic heterocycles. The van der Waals surface area contributed by atoms with Gasteiger partial charge >= 0.3 is 39.5 Å². The molecule has 0 aromatic heterocycles. The second kappa shape index (κ2) is 50.8. The van der Waals surface area contributed by atoms with Gasteiger partial charge in [-0.1, -0.05) is 228 Å². The predicted molar refractivity (Wildman–Crippen MR) is 308 cm³/mol. The molecule has 0 aromatic carbocycles. The molecule has 0 amide bonds. The largest absolute Gasteiger partial charge is 0.472 e. The van der Waals surface area contributed by atoms with Crippen LogP contribution < -0.4 is 0 Å². The summed E-state index contributed by atoms with van der Waals surface area (Å²) < 4.78 is 67.6. The van der Waals surface area contributed by atoms with E-state index < -0.39 is 97.5 Å². The van der Waals surface area contributed by atoms with Crippen LogP contribution in [0.5, 0.6) is 0 Å². The van der Waals surface area contributed by atoms with E-state index in [1.807, 2.05) is 0 Å². The third kappa shape index (κ3) is 51.0. The molecule has 7 atom stereocenters. The number of hydrogen-bond acceptors (Lipinski definition) is 15. The van der Waals surface area contributed by atoms with Gasteiger partial charge in [0.1, 0.15) is 19.3 Å². The van der Waals surface area contributed by atoms with Gasteiger partial charge in [0.25, 0.3) is 0 Å². The van der Waals surface area contributed by atoms with Crippen molar-refractivity contribution < 1.29 is 80.2 Å². The Bertz CT molecular complexity index is 1570. The Kier molecular flexibility index (Phi) is 49.5. The van der Waals surface area contributed by atoms with E-state index in [4.69, 9.17) is 37.0 Å². The molecule has 0 rings (SSSR count). The van der Waals surface area contributed by atoms with Gasteiger partial charge in [-0.3, -0.25) is 37.3 Å². The Morgan fingerprint density at radius 1 is 0.372 bits per heavy atom. The molecule has 19 heteroatoms. The number of hydrogen-bond donors (Lipinski definition) is 3. The first-order valence-electron chi connectivity index (χ1n) is 30.9. The third-order valence-electron chi connectivity index (χ3n) is 14.1. The highest BCUT2D eigenvalue weighted by Gasteiger charge is 2.30. The maximum atomic E-state index is 12.9. The lowest BCUT2D eigenvalue weighted by Gasteiger charge is -2.21. The average molecular weight is 1160 g/mol. The van der Waals surface area contributed by atoms with Crippen LogP contribution in [-0.2, 0) is 65.4 Å². The maximum absolute atomic E-state index is 12.9. The molecule has 3 N–H and O–H groups in total. The van der Waals surface area contributed by atoms with E-state index in [1.165, 1.54) is 83.5 Å². The molecular formula is C59H114O17P2. The summed E-state index contributed by atoms with van der Waals surface area (Å²) in [5.41, 5.74) is 0. The van der Waals surface area contributed by atoms with E-state index in [0.717, 1.165) is 108 Å². The fraction of sp³-hybridized carbons (Fsp3) is 0.932. The normalized spacial score (nSPS) is 15.2. The molecule has 0 heterocycles. The van der Waals surface area contributed by atoms with Crippen molar-refractivity contribution in [1.82, 2.24) is 0 Å². The minimum absolute atomic E-state index is 0.101. The molecule has 4 unspecified atom stereocenters. The zero-order chi connectivity index (χ0) is 58.1. The number of carbonyl (C=O) groups excluding carboxylic acids is 4. The molecule has 462 valence electrons. The summed E-state index contributed by atoms with van der Waals surface area (Å²) >= 11 is 0. The molecule has 17 nitrogen and oxygen atoms in total. The highest BCUT2D eigenvalue weighted by Crippen LogP contribution is 2.45. The molecule has 0 aliphatic rings. The molecule has 0 fully saturated rings. The smallest absolute Gasteiger partial charge is 0.462 e. The second-order valence-electron chi connectivity index (χ2n) is 22.3. The van der Waals surface area contributed by atoms with Crippen molar-refractivity contribution in [3.05, 3.63) is 0 Å². The first kappa shape index (κ1) is 76.1. The summed E-state index contributed by atoms with van der Waals surface area (Å²) in [7, 11) is -9.87. The van der Waals surface area contributed by atoms with Gasteiger partial charge in [-0.05, 0) is 43.4 Å². The van der Waals surface area contributed by atoms with Crippen LogP contribution in [0, 0.1) is 17.8 Å². The monoisotopic (exact) mass is 1160 g/mol. The Balaban J connectivity index is 5.21. The van der Waals surface area contributed by atoms with Gasteiger partial charge in [-0.2, -0.15) is 0 Å². The van der Waals surface area contributed by atoms with Crippen LogP contribution in [0.2, 0.25) is 0 Å². The fourth-order valence-corrected chi connectivity index (χ4v) is 10.1. The van der Waals surface area contributed by atoms with Gasteiger partial charge < -0.3 is 33.8 Å². The van der Waals surface area contributed by atoms with Crippen LogP contribution in [0.1, 0.15) is 280 Å². The summed E-state index contributed by atoms with van der Waals surface area (Å²) in [4.78, 5) is 71.7. The van der Waals surface area contributed by atoms with Gasteiger partial charge in [0, 0.05) is 25.7 Å².